The molecule has 0 aromatic carbocycles. The fourth-order valence-corrected chi connectivity index (χ4v) is 2.47. The zero-order valence-corrected chi connectivity index (χ0v) is 7.89. The van der Waals surface area contributed by atoms with Crippen LogP contribution in [-0.4, -0.2) is 18.6 Å². The Morgan fingerprint density at radius 2 is 2.08 bits per heavy atom. The van der Waals surface area contributed by atoms with Gasteiger partial charge in [-0.2, -0.15) is 0 Å². The molecule has 3 rings (SSSR count). The van der Waals surface area contributed by atoms with Crippen LogP contribution < -0.4 is 5.73 Å². The van der Waals surface area contributed by atoms with Crippen LogP contribution in [0.25, 0.3) is 0 Å². The van der Waals surface area contributed by atoms with Crippen LogP contribution in [0.5, 0.6) is 0 Å². The molecule has 0 aliphatic heterocycles. The van der Waals surface area contributed by atoms with Gasteiger partial charge in [0.05, 0.1) is 13.0 Å². The van der Waals surface area contributed by atoms with Crippen LogP contribution in [0.4, 0.5) is 0 Å². The lowest BCUT2D eigenvalue weighted by molar-refractivity contribution is -0.146. The maximum atomic E-state index is 11.1. The van der Waals surface area contributed by atoms with Crippen molar-refractivity contribution in [3.8, 4) is 0 Å². The quantitative estimate of drug-likeness (QED) is 0.622. The molecule has 0 saturated heterocycles. The molecule has 3 aliphatic rings. The summed E-state index contributed by atoms with van der Waals surface area (Å²) in [5, 5.41) is 0. The summed E-state index contributed by atoms with van der Waals surface area (Å²) < 4.78 is 4.68. The summed E-state index contributed by atoms with van der Waals surface area (Å²) in [5.41, 5.74) is 5.91. The van der Waals surface area contributed by atoms with Gasteiger partial charge in [-0.15, -0.1) is 12.4 Å². The second-order valence-electron chi connectivity index (χ2n) is 3.86. The summed E-state index contributed by atoms with van der Waals surface area (Å²) in [7, 11) is 1.45. The molecular weight excluding hydrogens is 178 g/mol. The highest BCUT2D eigenvalue weighted by Gasteiger charge is 2.56. The first-order valence-electron chi connectivity index (χ1n) is 4.01. The van der Waals surface area contributed by atoms with Crippen LogP contribution in [0.1, 0.15) is 19.3 Å². The van der Waals surface area contributed by atoms with E-state index >= 15 is 0 Å². The maximum Gasteiger partial charge on any atom is 0.309 e. The molecule has 0 heterocycles. The zero-order valence-electron chi connectivity index (χ0n) is 7.08. The first-order valence-corrected chi connectivity index (χ1v) is 4.01. The van der Waals surface area contributed by atoms with Crippen molar-refractivity contribution in [3.63, 3.8) is 0 Å². The van der Waals surface area contributed by atoms with Crippen LogP contribution in [0.3, 0.4) is 0 Å². The summed E-state index contributed by atoms with van der Waals surface area (Å²) in [5.74, 6) is 0.553. The van der Waals surface area contributed by atoms with E-state index in [0.717, 1.165) is 19.3 Å². The van der Waals surface area contributed by atoms with E-state index in [-0.39, 0.29) is 29.8 Å². The minimum Gasteiger partial charge on any atom is -0.469 e. The zero-order chi connectivity index (χ0) is 8.06. The molecule has 4 heteroatoms. The van der Waals surface area contributed by atoms with Crippen LogP contribution >= 0.6 is 12.4 Å². The molecule has 3 saturated carbocycles. The first kappa shape index (κ1) is 9.81. The Bertz CT molecular complexity index is 201. The van der Waals surface area contributed by atoms with Gasteiger partial charge in [0, 0.05) is 5.54 Å². The average molecular weight is 192 g/mol. The number of hydrogen-bond acceptors (Lipinski definition) is 3. The van der Waals surface area contributed by atoms with Crippen LogP contribution in [0, 0.1) is 11.8 Å². The average Bonchev–Trinajstić information content (AvgIpc) is 2.39. The fraction of sp³-hybridized carbons (Fsp3) is 0.875. The molecule has 1 atom stereocenters. The van der Waals surface area contributed by atoms with Crippen molar-refractivity contribution in [2.45, 2.75) is 24.8 Å². The van der Waals surface area contributed by atoms with Crippen molar-refractivity contribution in [1.82, 2.24) is 0 Å². The number of halogens is 1. The molecule has 0 spiro atoms. The van der Waals surface area contributed by atoms with Gasteiger partial charge >= 0.3 is 5.97 Å². The Labute approximate surface area is 78.1 Å². The molecule has 1 unspecified atom stereocenters. The van der Waals surface area contributed by atoms with E-state index in [2.05, 4.69) is 4.74 Å². The molecule has 3 aliphatic carbocycles. The molecule has 3 nitrogen and oxygen atoms in total. The van der Waals surface area contributed by atoms with E-state index in [9.17, 15) is 4.79 Å². The van der Waals surface area contributed by atoms with Crippen molar-refractivity contribution in [1.29, 1.82) is 0 Å². The molecule has 2 bridgehead atoms. The Kier molecular flexibility index (Phi) is 2.36. The Hall–Kier alpha value is -0.280. The third kappa shape index (κ3) is 1.21. The van der Waals surface area contributed by atoms with Gasteiger partial charge in [0.2, 0.25) is 0 Å². The van der Waals surface area contributed by atoms with E-state index in [1.54, 1.807) is 0 Å². The topological polar surface area (TPSA) is 52.3 Å². The van der Waals surface area contributed by atoms with Gasteiger partial charge < -0.3 is 10.5 Å². The van der Waals surface area contributed by atoms with Gasteiger partial charge in [0.25, 0.3) is 0 Å². The molecule has 0 radical (unpaired) electrons. The largest absolute Gasteiger partial charge is 0.469 e. The number of carbonyl (C=O) groups is 1. The molecule has 0 amide bonds. The lowest BCUT2D eigenvalue weighted by atomic mass is 9.77. The summed E-state index contributed by atoms with van der Waals surface area (Å²) >= 11 is 0. The monoisotopic (exact) mass is 191 g/mol. The lowest BCUT2D eigenvalue weighted by Crippen LogP contribution is -2.44. The maximum absolute atomic E-state index is 11.1. The summed E-state index contributed by atoms with van der Waals surface area (Å²) in [6.45, 7) is 0. The molecule has 0 aromatic rings. The van der Waals surface area contributed by atoms with Gasteiger partial charge in [0.1, 0.15) is 0 Å². The van der Waals surface area contributed by atoms with Crippen molar-refractivity contribution in [2.75, 3.05) is 7.11 Å². The fourth-order valence-electron chi connectivity index (χ4n) is 2.47. The molecule has 3 fully saturated rings. The minimum atomic E-state index is -0.0696. The van der Waals surface area contributed by atoms with Crippen LogP contribution in [-0.2, 0) is 9.53 Å². The molecule has 70 valence electrons. The second kappa shape index (κ2) is 2.89. The van der Waals surface area contributed by atoms with Crippen molar-refractivity contribution in [3.05, 3.63) is 0 Å². The molecule has 12 heavy (non-hydrogen) atoms. The highest BCUT2D eigenvalue weighted by atomic mass is 35.5. The predicted molar refractivity (Wildman–Crippen MR) is 47.0 cm³/mol. The number of carbonyl (C=O) groups excluding carboxylic acids is 1. The number of methoxy groups -OCH3 is 1. The lowest BCUT2D eigenvalue weighted by Gasteiger charge is -2.34. The smallest absolute Gasteiger partial charge is 0.309 e. The van der Waals surface area contributed by atoms with E-state index < -0.39 is 0 Å². The van der Waals surface area contributed by atoms with E-state index in [1.165, 1.54) is 7.11 Å². The van der Waals surface area contributed by atoms with Gasteiger partial charge in [-0.1, -0.05) is 0 Å². The second-order valence-corrected chi connectivity index (χ2v) is 3.86. The normalized spacial score (nSPS) is 42.8. The molecular formula is C8H14ClNO2. The first-order chi connectivity index (χ1) is 5.14. The van der Waals surface area contributed by atoms with Crippen LogP contribution in [0.2, 0.25) is 0 Å². The summed E-state index contributed by atoms with van der Waals surface area (Å²) in [6.07, 6.45) is 2.88. The number of rotatable bonds is 1. The van der Waals surface area contributed by atoms with E-state index in [1.807, 2.05) is 0 Å². The number of nitrogens with two attached hydrogens (primary N) is 1. The van der Waals surface area contributed by atoms with Crippen molar-refractivity contribution >= 4 is 18.4 Å². The highest BCUT2D eigenvalue weighted by Crippen LogP contribution is 2.54. The highest BCUT2D eigenvalue weighted by molar-refractivity contribution is 5.85. The van der Waals surface area contributed by atoms with Gasteiger partial charge in [-0.25, -0.2) is 0 Å². The SMILES string of the molecule is COC(=O)C1CC2(N)CC1C2.Cl. The van der Waals surface area contributed by atoms with E-state index in [4.69, 9.17) is 5.73 Å². The third-order valence-corrected chi connectivity index (χ3v) is 3.04. The van der Waals surface area contributed by atoms with Crippen molar-refractivity contribution in [2.24, 2.45) is 17.6 Å². The van der Waals surface area contributed by atoms with Gasteiger partial charge in [-0.3, -0.25) is 4.79 Å². The van der Waals surface area contributed by atoms with Gasteiger partial charge in [0.15, 0.2) is 0 Å². The Balaban J connectivity index is 0.000000720. The molecule has 2 N–H and O–H groups in total. The number of esters is 1. The minimum absolute atomic E-state index is 0. The third-order valence-electron chi connectivity index (χ3n) is 3.04. The predicted octanol–water partition coefficient (Wildman–Crippen LogP) is 0.709. The van der Waals surface area contributed by atoms with E-state index in [0.29, 0.717) is 5.92 Å². The standard InChI is InChI=1S/C8H13NO2.ClH/c1-11-7(10)6-4-8(9)2-5(6)3-8;/h5-6H,2-4,9H2,1H3;1H. The molecule has 0 aromatic heterocycles. The number of ether oxygens (including phenoxy) is 1. The Morgan fingerprint density at radius 3 is 2.42 bits per heavy atom. The number of fused-ring (bicyclic) bond motifs is 1. The summed E-state index contributed by atoms with van der Waals surface area (Å²) in [4.78, 5) is 11.1. The Morgan fingerprint density at radius 1 is 1.50 bits per heavy atom. The van der Waals surface area contributed by atoms with Crippen molar-refractivity contribution < 1.29 is 9.53 Å². The summed E-state index contributed by atoms with van der Waals surface area (Å²) in [6, 6.07) is 0. The number of hydrogen-bond donors (Lipinski definition) is 1. The van der Waals surface area contributed by atoms with Gasteiger partial charge in [-0.05, 0) is 25.2 Å². The van der Waals surface area contributed by atoms with Crippen LogP contribution in [0.15, 0.2) is 0 Å².